The van der Waals surface area contributed by atoms with E-state index in [2.05, 4.69) is 10.6 Å². The maximum absolute atomic E-state index is 11.7. The molecule has 0 radical (unpaired) electrons. The number of aliphatic hydroxyl groups excluding tert-OH is 1. The van der Waals surface area contributed by atoms with Crippen molar-refractivity contribution < 1.29 is 9.90 Å². The molecule has 2 atom stereocenters. The van der Waals surface area contributed by atoms with Gasteiger partial charge in [-0.15, -0.1) is 0 Å². The van der Waals surface area contributed by atoms with Crippen LogP contribution in [0, 0.1) is 12.8 Å². The molecule has 17 heavy (non-hydrogen) atoms. The highest BCUT2D eigenvalue weighted by Crippen LogP contribution is 2.13. The van der Waals surface area contributed by atoms with E-state index in [0.717, 1.165) is 11.3 Å². The minimum absolute atomic E-state index is 0.0395. The summed E-state index contributed by atoms with van der Waals surface area (Å²) in [7, 11) is 0. The lowest BCUT2D eigenvalue weighted by Gasteiger charge is -2.19. The van der Waals surface area contributed by atoms with E-state index in [1.165, 1.54) is 0 Å². The van der Waals surface area contributed by atoms with Crippen LogP contribution in [0.1, 0.15) is 19.4 Å². The Labute approximate surface area is 102 Å². The molecule has 4 heteroatoms. The van der Waals surface area contributed by atoms with Crippen molar-refractivity contribution in [1.29, 1.82) is 0 Å². The monoisotopic (exact) mass is 236 g/mol. The van der Waals surface area contributed by atoms with Crippen molar-refractivity contribution in [1.82, 2.24) is 5.32 Å². The third kappa shape index (κ3) is 4.07. The fraction of sp³-hybridized carbons (Fsp3) is 0.462. The predicted molar refractivity (Wildman–Crippen MR) is 69.0 cm³/mol. The van der Waals surface area contributed by atoms with Crippen LogP contribution in [-0.2, 0) is 0 Å². The van der Waals surface area contributed by atoms with Gasteiger partial charge in [-0.25, -0.2) is 4.79 Å². The van der Waals surface area contributed by atoms with Crippen molar-refractivity contribution in [3.8, 4) is 0 Å². The Morgan fingerprint density at radius 2 is 2.00 bits per heavy atom. The molecule has 0 saturated heterocycles. The number of rotatable bonds is 4. The number of nitrogens with one attached hydrogen (secondary N) is 2. The molecule has 1 aromatic carbocycles. The van der Waals surface area contributed by atoms with Gasteiger partial charge >= 0.3 is 6.03 Å². The van der Waals surface area contributed by atoms with Crippen molar-refractivity contribution in [3.05, 3.63) is 29.8 Å². The molecule has 1 rings (SSSR count). The molecule has 94 valence electrons. The lowest BCUT2D eigenvalue weighted by molar-refractivity contribution is 0.204. The quantitative estimate of drug-likeness (QED) is 0.750. The van der Waals surface area contributed by atoms with E-state index in [4.69, 9.17) is 5.11 Å². The van der Waals surface area contributed by atoms with Gasteiger partial charge in [-0.1, -0.05) is 25.1 Å². The second-order valence-corrected chi connectivity index (χ2v) is 4.36. The van der Waals surface area contributed by atoms with Crippen LogP contribution in [-0.4, -0.2) is 23.8 Å². The van der Waals surface area contributed by atoms with Crippen LogP contribution in [0.25, 0.3) is 0 Å². The first kappa shape index (κ1) is 13.5. The summed E-state index contributed by atoms with van der Waals surface area (Å²) in [5, 5.41) is 14.6. The normalized spacial score (nSPS) is 13.9. The van der Waals surface area contributed by atoms with E-state index in [-0.39, 0.29) is 24.6 Å². The van der Waals surface area contributed by atoms with Gasteiger partial charge in [-0.05, 0) is 31.4 Å². The van der Waals surface area contributed by atoms with Crippen LogP contribution in [0.3, 0.4) is 0 Å². The average molecular weight is 236 g/mol. The van der Waals surface area contributed by atoms with Gasteiger partial charge in [0, 0.05) is 18.3 Å². The molecule has 1 aromatic rings. The van der Waals surface area contributed by atoms with Crippen molar-refractivity contribution in [3.63, 3.8) is 0 Å². The Morgan fingerprint density at radius 3 is 2.59 bits per heavy atom. The zero-order chi connectivity index (χ0) is 12.8. The number of hydrogen-bond acceptors (Lipinski definition) is 2. The highest BCUT2D eigenvalue weighted by molar-refractivity contribution is 5.90. The molecule has 0 aromatic heterocycles. The number of aliphatic hydroxyl groups is 1. The molecule has 0 heterocycles. The van der Waals surface area contributed by atoms with E-state index in [9.17, 15) is 4.79 Å². The molecular weight excluding hydrogens is 216 g/mol. The SMILES string of the molecule is Cc1ccccc1NC(=O)NC(C)C(C)CO. The topological polar surface area (TPSA) is 61.4 Å². The zero-order valence-corrected chi connectivity index (χ0v) is 10.5. The number of hydrogen-bond donors (Lipinski definition) is 3. The molecule has 3 N–H and O–H groups in total. The van der Waals surface area contributed by atoms with Gasteiger partial charge in [-0.3, -0.25) is 0 Å². The number of aryl methyl sites for hydroxylation is 1. The standard InChI is InChI=1S/C13H20N2O2/c1-9-6-4-5-7-12(9)15-13(17)14-11(3)10(2)8-16/h4-7,10-11,16H,8H2,1-3H3,(H2,14,15,17). The molecule has 0 aliphatic carbocycles. The number of amides is 2. The second-order valence-electron chi connectivity index (χ2n) is 4.36. The van der Waals surface area contributed by atoms with Crippen LogP contribution >= 0.6 is 0 Å². The van der Waals surface area contributed by atoms with Crippen LogP contribution < -0.4 is 10.6 Å². The first-order valence-corrected chi connectivity index (χ1v) is 5.78. The van der Waals surface area contributed by atoms with Crippen LogP contribution in [0.5, 0.6) is 0 Å². The minimum Gasteiger partial charge on any atom is -0.396 e. The summed E-state index contributed by atoms with van der Waals surface area (Å²) in [6.07, 6.45) is 0. The number of carbonyl (C=O) groups excluding carboxylic acids is 1. The maximum atomic E-state index is 11.7. The summed E-state index contributed by atoms with van der Waals surface area (Å²) in [6.45, 7) is 5.76. The fourth-order valence-electron chi connectivity index (χ4n) is 1.38. The molecule has 4 nitrogen and oxygen atoms in total. The first-order chi connectivity index (χ1) is 8.04. The lowest BCUT2D eigenvalue weighted by Crippen LogP contribution is -2.40. The largest absolute Gasteiger partial charge is 0.396 e. The van der Waals surface area contributed by atoms with Gasteiger partial charge in [0.05, 0.1) is 0 Å². The van der Waals surface area contributed by atoms with Crippen molar-refractivity contribution in [2.24, 2.45) is 5.92 Å². The Bertz CT molecular complexity index is 379. The van der Waals surface area contributed by atoms with Gasteiger partial charge in [-0.2, -0.15) is 0 Å². The third-order valence-corrected chi connectivity index (χ3v) is 2.89. The van der Waals surface area contributed by atoms with E-state index in [1.807, 2.05) is 45.0 Å². The van der Waals surface area contributed by atoms with Gasteiger partial charge in [0.2, 0.25) is 0 Å². The summed E-state index contributed by atoms with van der Waals surface area (Å²) in [5.41, 5.74) is 1.82. The van der Waals surface area contributed by atoms with Crippen molar-refractivity contribution >= 4 is 11.7 Å². The maximum Gasteiger partial charge on any atom is 0.319 e. The predicted octanol–water partition coefficient (Wildman–Crippen LogP) is 2.13. The number of anilines is 1. The minimum atomic E-state index is -0.243. The van der Waals surface area contributed by atoms with E-state index >= 15 is 0 Å². The Balaban J connectivity index is 2.53. The number of carbonyl (C=O) groups is 1. The molecule has 0 aliphatic rings. The van der Waals surface area contributed by atoms with Gasteiger partial charge < -0.3 is 15.7 Å². The molecule has 0 bridgehead atoms. The molecule has 0 fully saturated rings. The van der Waals surface area contributed by atoms with E-state index in [1.54, 1.807) is 0 Å². The smallest absolute Gasteiger partial charge is 0.319 e. The molecule has 0 saturated carbocycles. The highest BCUT2D eigenvalue weighted by Gasteiger charge is 2.13. The first-order valence-electron chi connectivity index (χ1n) is 5.78. The van der Waals surface area contributed by atoms with Crippen molar-refractivity contribution in [2.45, 2.75) is 26.8 Å². The summed E-state index contributed by atoms with van der Waals surface area (Å²) in [5.74, 6) is 0.0395. The average Bonchev–Trinajstić information content (AvgIpc) is 2.31. The van der Waals surface area contributed by atoms with E-state index < -0.39 is 0 Å². The Morgan fingerprint density at radius 1 is 1.35 bits per heavy atom. The van der Waals surface area contributed by atoms with Gasteiger partial charge in [0.1, 0.15) is 0 Å². The molecular formula is C13H20N2O2. The van der Waals surface area contributed by atoms with E-state index in [0.29, 0.717) is 0 Å². The van der Waals surface area contributed by atoms with Gasteiger partial charge in [0.25, 0.3) is 0 Å². The Kier molecular flexibility index (Phi) is 4.97. The number of para-hydroxylation sites is 1. The summed E-state index contributed by atoms with van der Waals surface area (Å²) in [6, 6.07) is 7.29. The zero-order valence-electron chi connectivity index (χ0n) is 10.5. The molecule has 0 spiro atoms. The fourth-order valence-corrected chi connectivity index (χ4v) is 1.38. The summed E-state index contributed by atoms with van der Waals surface area (Å²) in [4.78, 5) is 11.7. The summed E-state index contributed by atoms with van der Waals surface area (Å²) < 4.78 is 0. The molecule has 2 unspecified atom stereocenters. The number of benzene rings is 1. The molecule has 0 aliphatic heterocycles. The second kappa shape index (κ2) is 6.25. The van der Waals surface area contributed by atoms with Gasteiger partial charge in [0.15, 0.2) is 0 Å². The lowest BCUT2D eigenvalue weighted by atomic mass is 10.1. The van der Waals surface area contributed by atoms with Crippen LogP contribution in [0.2, 0.25) is 0 Å². The highest BCUT2D eigenvalue weighted by atomic mass is 16.3. The van der Waals surface area contributed by atoms with Crippen LogP contribution in [0.4, 0.5) is 10.5 Å². The Hall–Kier alpha value is -1.55. The van der Waals surface area contributed by atoms with Crippen LogP contribution in [0.15, 0.2) is 24.3 Å². The van der Waals surface area contributed by atoms with Crippen molar-refractivity contribution in [2.75, 3.05) is 11.9 Å². The third-order valence-electron chi connectivity index (χ3n) is 2.89. The number of urea groups is 1. The summed E-state index contributed by atoms with van der Waals surface area (Å²) >= 11 is 0. The molecule has 2 amide bonds.